The van der Waals surface area contributed by atoms with Crippen LogP contribution in [0.3, 0.4) is 0 Å². The molecule has 0 aliphatic rings. The lowest BCUT2D eigenvalue weighted by Crippen LogP contribution is -2.19. The molecule has 0 saturated carbocycles. The summed E-state index contributed by atoms with van der Waals surface area (Å²) in [6.45, 7) is 4.88. The summed E-state index contributed by atoms with van der Waals surface area (Å²) in [5, 5.41) is 12.4. The Bertz CT molecular complexity index is 342. The van der Waals surface area contributed by atoms with Gasteiger partial charge in [0.1, 0.15) is 5.82 Å². The fourth-order valence-corrected chi connectivity index (χ4v) is 1.55. The van der Waals surface area contributed by atoms with Crippen molar-refractivity contribution in [3.05, 3.63) is 23.4 Å². The molecule has 1 rings (SSSR count). The van der Waals surface area contributed by atoms with Crippen molar-refractivity contribution in [3.8, 4) is 0 Å². The summed E-state index contributed by atoms with van der Waals surface area (Å²) < 4.78 is 5.17. The highest BCUT2D eigenvalue weighted by Gasteiger charge is 2.04. The highest BCUT2D eigenvalue weighted by molar-refractivity contribution is 5.39. The van der Waals surface area contributed by atoms with Crippen molar-refractivity contribution in [1.82, 2.24) is 4.98 Å². The maximum atomic E-state index is 9.20. The molecule has 0 fully saturated rings. The van der Waals surface area contributed by atoms with E-state index in [0.717, 1.165) is 29.9 Å². The molecule has 96 valence electrons. The molecule has 0 aliphatic heterocycles. The number of methoxy groups -OCH3 is 1. The van der Waals surface area contributed by atoms with Gasteiger partial charge >= 0.3 is 0 Å². The van der Waals surface area contributed by atoms with Gasteiger partial charge < -0.3 is 15.2 Å². The van der Waals surface area contributed by atoms with E-state index in [-0.39, 0.29) is 12.7 Å². The highest BCUT2D eigenvalue weighted by Crippen LogP contribution is 2.12. The fraction of sp³-hybridized carbons (Fsp3) is 0.615. The summed E-state index contributed by atoms with van der Waals surface area (Å²) in [6.07, 6.45) is 2.13. The van der Waals surface area contributed by atoms with Crippen LogP contribution in [0.2, 0.25) is 0 Å². The number of rotatable bonds is 7. The molecule has 0 saturated heterocycles. The van der Waals surface area contributed by atoms with Crippen LogP contribution in [-0.4, -0.2) is 29.8 Å². The molecule has 1 atom stereocenters. The molecule has 4 heteroatoms. The molecule has 1 aromatic heterocycles. The molecule has 0 radical (unpaired) electrons. The Hall–Kier alpha value is -1.13. The van der Waals surface area contributed by atoms with Gasteiger partial charge in [-0.3, -0.25) is 0 Å². The molecule has 1 aromatic rings. The lowest BCUT2D eigenvalue weighted by molar-refractivity contribution is 0.128. The van der Waals surface area contributed by atoms with Gasteiger partial charge in [-0.2, -0.15) is 0 Å². The van der Waals surface area contributed by atoms with Gasteiger partial charge in [0, 0.05) is 19.3 Å². The minimum Gasteiger partial charge on any atom is -0.392 e. The molecule has 1 unspecified atom stereocenters. The Morgan fingerprint density at radius 3 is 2.82 bits per heavy atom. The quantitative estimate of drug-likeness (QED) is 0.762. The first-order valence-corrected chi connectivity index (χ1v) is 6.07. The second-order valence-electron chi connectivity index (χ2n) is 4.19. The van der Waals surface area contributed by atoms with E-state index >= 15 is 0 Å². The zero-order chi connectivity index (χ0) is 12.7. The number of aromatic nitrogens is 1. The van der Waals surface area contributed by atoms with Crippen LogP contribution in [0.4, 0.5) is 5.82 Å². The first-order valence-electron chi connectivity index (χ1n) is 6.07. The van der Waals surface area contributed by atoms with Gasteiger partial charge in [0.25, 0.3) is 0 Å². The number of anilines is 1. The smallest absolute Gasteiger partial charge is 0.126 e. The van der Waals surface area contributed by atoms with E-state index in [1.54, 1.807) is 7.11 Å². The highest BCUT2D eigenvalue weighted by atomic mass is 16.5. The number of nitrogens with zero attached hydrogens (tertiary/aromatic N) is 1. The van der Waals surface area contributed by atoms with Gasteiger partial charge in [0.15, 0.2) is 0 Å². The molecule has 0 aromatic carbocycles. The summed E-state index contributed by atoms with van der Waals surface area (Å²) in [4.78, 5) is 4.50. The first kappa shape index (κ1) is 13.9. The standard InChI is InChI=1S/C13H22N2O2/c1-4-5-12-6-11(9-16)7-13(15-12)14-8-10(2)17-3/h6-7,10,16H,4-5,8-9H2,1-3H3,(H,14,15). The number of hydrogen-bond donors (Lipinski definition) is 2. The first-order chi connectivity index (χ1) is 8.19. The molecule has 0 bridgehead atoms. The van der Waals surface area contributed by atoms with E-state index in [9.17, 15) is 5.11 Å². The van der Waals surface area contributed by atoms with E-state index < -0.39 is 0 Å². The SMILES string of the molecule is CCCc1cc(CO)cc(NCC(C)OC)n1. The number of pyridine rings is 1. The molecule has 0 spiro atoms. The van der Waals surface area contributed by atoms with Gasteiger partial charge in [0.05, 0.1) is 12.7 Å². The largest absolute Gasteiger partial charge is 0.392 e. The summed E-state index contributed by atoms with van der Waals surface area (Å²) >= 11 is 0. The fourth-order valence-electron chi connectivity index (χ4n) is 1.55. The van der Waals surface area contributed by atoms with Crippen LogP contribution in [0, 0.1) is 0 Å². The van der Waals surface area contributed by atoms with E-state index in [4.69, 9.17) is 4.74 Å². The minimum atomic E-state index is 0.0494. The van der Waals surface area contributed by atoms with E-state index in [1.165, 1.54) is 0 Å². The average molecular weight is 238 g/mol. The maximum absolute atomic E-state index is 9.20. The van der Waals surface area contributed by atoms with Crippen molar-refractivity contribution in [1.29, 1.82) is 0 Å². The third kappa shape index (κ3) is 4.71. The summed E-state index contributed by atoms with van der Waals surface area (Å²) in [5.74, 6) is 0.809. The number of hydrogen-bond acceptors (Lipinski definition) is 4. The van der Waals surface area contributed by atoms with Crippen LogP contribution in [0.1, 0.15) is 31.5 Å². The topological polar surface area (TPSA) is 54.4 Å². The molecule has 0 aliphatic carbocycles. The molecular weight excluding hydrogens is 216 g/mol. The predicted molar refractivity (Wildman–Crippen MR) is 69.1 cm³/mol. The van der Waals surface area contributed by atoms with Crippen LogP contribution < -0.4 is 5.32 Å². The van der Waals surface area contributed by atoms with E-state index in [1.807, 2.05) is 19.1 Å². The van der Waals surface area contributed by atoms with E-state index in [0.29, 0.717) is 6.54 Å². The molecule has 1 heterocycles. The summed E-state index contributed by atoms with van der Waals surface area (Å²) in [7, 11) is 1.69. The Morgan fingerprint density at radius 1 is 1.47 bits per heavy atom. The van der Waals surface area contributed by atoms with Crippen LogP contribution in [0.15, 0.2) is 12.1 Å². The third-order valence-electron chi connectivity index (χ3n) is 2.60. The summed E-state index contributed by atoms with van der Waals surface area (Å²) in [6, 6.07) is 3.83. The Balaban J connectivity index is 2.72. The van der Waals surface area contributed by atoms with Crippen molar-refractivity contribution in [3.63, 3.8) is 0 Å². The molecule has 0 amide bonds. The van der Waals surface area contributed by atoms with Crippen molar-refractivity contribution in [2.24, 2.45) is 0 Å². The lowest BCUT2D eigenvalue weighted by atomic mass is 10.1. The number of aliphatic hydroxyl groups excluding tert-OH is 1. The minimum absolute atomic E-state index is 0.0494. The molecule has 4 nitrogen and oxygen atoms in total. The summed E-state index contributed by atoms with van der Waals surface area (Å²) in [5.41, 5.74) is 1.92. The van der Waals surface area contributed by atoms with Crippen LogP contribution in [-0.2, 0) is 17.8 Å². The van der Waals surface area contributed by atoms with Gasteiger partial charge in [-0.15, -0.1) is 0 Å². The molecule has 17 heavy (non-hydrogen) atoms. The monoisotopic (exact) mass is 238 g/mol. The lowest BCUT2D eigenvalue weighted by Gasteiger charge is -2.13. The number of ether oxygens (including phenoxy) is 1. The molecule has 2 N–H and O–H groups in total. The zero-order valence-electron chi connectivity index (χ0n) is 10.9. The van der Waals surface area contributed by atoms with Crippen molar-refractivity contribution in [2.45, 2.75) is 39.4 Å². The van der Waals surface area contributed by atoms with Crippen LogP contribution in [0.25, 0.3) is 0 Å². The van der Waals surface area contributed by atoms with Crippen molar-refractivity contribution in [2.75, 3.05) is 19.0 Å². The Labute approximate surface area is 103 Å². The maximum Gasteiger partial charge on any atom is 0.126 e. The average Bonchev–Trinajstić information content (AvgIpc) is 2.36. The van der Waals surface area contributed by atoms with Gasteiger partial charge in [0.2, 0.25) is 0 Å². The normalized spacial score (nSPS) is 12.5. The number of aryl methyl sites for hydroxylation is 1. The Kier molecular flexibility index (Phi) is 5.94. The van der Waals surface area contributed by atoms with Gasteiger partial charge in [-0.25, -0.2) is 4.98 Å². The van der Waals surface area contributed by atoms with Gasteiger partial charge in [-0.05, 0) is 31.0 Å². The van der Waals surface area contributed by atoms with Crippen LogP contribution >= 0.6 is 0 Å². The number of aliphatic hydroxyl groups is 1. The van der Waals surface area contributed by atoms with Gasteiger partial charge in [-0.1, -0.05) is 13.3 Å². The molecular formula is C13H22N2O2. The van der Waals surface area contributed by atoms with Crippen LogP contribution in [0.5, 0.6) is 0 Å². The Morgan fingerprint density at radius 2 is 2.24 bits per heavy atom. The second kappa shape index (κ2) is 7.25. The predicted octanol–water partition coefficient (Wildman–Crippen LogP) is 1.97. The number of nitrogens with one attached hydrogen (secondary N) is 1. The second-order valence-corrected chi connectivity index (χ2v) is 4.19. The zero-order valence-corrected chi connectivity index (χ0v) is 10.9. The van der Waals surface area contributed by atoms with E-state index in [2.05, 4.69) is 17.2 Å². The van der Waals surface area contributed by atoms with Crippen molar-refractivity contribution < 1.29 is 9.84 Å². The third-order valence-corrected chi connectivity index (χ3v) is 2.60. The van der Waals surface area contributed by atoms with Crippen molar-refractivity contribution >= 4 is 5.82 Å².